The van der Waals surface area contributed by atoms with E-state index in [0.717, 1.165) is 13.1 Å². The van der Waals surface area contributed by atoms with Gasteiger partial charge in [0.1, 0.15) is 0 Å². The molecule has 1 aromatic carbocycles. The first-order valence-electron chi connectivity index (χ1n) is 4.84. The van der Waals surface area contributed by atoms with Crippen molar-refractivity contribution in [2.75, 3.05) is 13.1 Å². The van der Waals surface area contributed by atoms with Crippen molar-refractivity contribution in [2.45, 2.75) is 18.7 Å². The van der Waals surface area contributed by atoms with Crippen LogP contribution in [-0.4, -0.2) is 18.0 Å². The quantitative estimate of drug-likeness (QED) is 0.424. The molecule has 1 aromatic rings. The van der Waals surface area contributed by atoms with Crippen LogP contribution in [0.5, 0.6) is 0 Å². The Bertz CT molecular complexity index is 306. The number of rotatable bonds is 3. The molecule has 0 bridgehead atoms. The molecule has 1 rings (SSSR count). The minimum atomic E-state index is 0.985. The van der Waals surface area contributed by atoms with E-state index in [4.69, 9.17) is 0 Å². The van der Waals surface area contributed by atoms with E-state index >= 15 is 0 Å². The summed E-state index contributed by atoms with van der Waals surface area (Å²) in [6.45, 7) is 6.20. The van der Waals surface area contributed by atoms with Crippen LogP contribution in [0, 0.1) is 11.3 Å². The average molecular weight is 205 g/mol. The standard InChI is InChI=1S/C12H15NS/c1-3-13(4-2)10-11-14-12-8-6-5-7-9-12/h5-9H,3-4H2,1-2H3. The summed E-state index contributed by atoms with van der Waals surface area (Å²) in [6, 6.07) is 13.3. The molecule has 0 saturated carbocycles. The van der Waals surface area contributed by atoms with E-state index in [0.29, 0.717) is 0 Å². The molecule has 0 aliphatic rings. The molecule has 0 amide bonds. The van der Waals surface area contributed by atoms with Crippen LogP contribution in [0.2, 0.25) is 0 Å². The smallest absolute Gasteiger partial charge is 0.0232 e. The summed E-state index contributed by atoms with van der Waals surface area (Å²) in [5.74, 6) is 0. The molecule has 0 radical (unpaired) electrons. The highest BCUT2D eigenvalue weighted by Gasteiger charge is 1.89. The van der Waals surface area contributed by atoms with Gasteiger partial charge in [-0.2, -0.15) is 0 Å². The molecule has 0 N–H and O–H groups in total. The Kier molecular flexibility index (Phi) is 5.03. The van der Waals surface area contributed by atoms with Gasteiger partial charge in [0.15, 0.2) is 0 Å². The Morgan fingerprint density at radius 1 is 1.14 bits per heavy atom. The van der Waals surface area contributed by atoms with E-state index in [-0.39, 0.29) is 0 Å². The molecule has 0 aromatic heterocycles. The zero-order chi connectivity index (χ0) is 10.2. The van der Waals surface area contributed by atoms with Gasteiger partial charge in [-0.15, -0.1) is 0 Å². The van der Waals surface area contributed by atoms with Crippen molar-refractivity contribution in [3.8, 4) is 11.3 Å². The fourth-order valence-corrected chi connectivity index (χ4v) is 1.60. The van der Waals surface area contributed by atoms with Gasteiger partial charge in [0.2, 0.25) is 0 Å². The first kappa shape index (κ1) is 11.0. The molecule has 0 aliphatic carbocycles. The van der Waals surface area contributed by atoms with E-state index in [9.17, 15) is 0 Å². The number of hydrogen-bond donors (Lipinski definition) is 0. The third-order valence-corrected chi connectivity index (χ3v) is 2.58. The SMILES string of the molecule is CCN(C#CSc1ccccc1)CC. The summed E-state index contributed by atoms with van der Waals surface area (Å²) in [7, 11) is 0. The summed E-state index contributed by atoms with van der Waals surface area (Å²) in [4.78, 5) is 3.29. The second-order valence-corrected chi connectivity index (χ2v) is 3.68. The van der Waals surface area contributed by atoms with Crippen molar-refractivity contribution in [2.24, 2.45) is 0 Å². The summed E-state index contributed by atoms with van der Waals surface area (Å²) >= 11 is 1.58. The van der Waals surface area contributed by atoms with Gasteiger partial charge in [-0.1, -0.05) is 18.2 Å². The maximum absolute atomic E-state index is 3.11. The van der Waals surface area contributed by atoms with Crippen molar-refractivity contribution in [1.29, 1.82) is 0 Å². The zero-order valence-electron chi connectivity index (χ0n) is 8.66. The molecule has 74 valence electrons. The lowest BCUT2D eigenvalue weighted by Gasteiger charge is -2.10. The molecule has 0 unspecified atom stereocenters. The lowest BCUT2D eigenvalue weighted by Crippen LogP contribution is -2.15. The molecule has 0 heterocycles. The van der Waals surface area contributed by atoms with Crippen LogP contribution in [-0.2, 0) is 0 Å². The maximum atomic E-state index is 3.11. The second kappa shape index (κ2) is 6.39. The Morgan fingerprint density at radius 2 is 1.79 bits per heavy atom. The highest BCUT2D eigenvalue weighted by molar-refractivity contribution is 8.03. The molecule has 0 spiro atoms. The van der Waals surface area contributed by atoms with Crippen molar-refractivity contribution in [3.63, 3.8) is 0 Å². The van der Waals surface area contributed by atoms with Crippen LogP contribution >= 0.6 is 11.8 Å². The molecule has 0 fully saturated rings. The lowest BCUT2D eigenvalue weighted by atomic mass is 10.4. The fraction of sp³-hybridized carbons (Fsp3) is 0.333. The minimum Gasteiger partial charge on any atom is -0.332 e. The molecule has 14 heavy (non-hydrogen) atoms. The summed E-state index contributed by atoms with van der Waals surface area (Å²) < 4.78 is 0. The highest BCUT2D eigenvalue weighted by Crippen LogP contribution is 2.14. The summed E-state index contributed by atoms with van der Waals surface area (Å²) in [6.07, 6.45) is 0. The number of hydrogen-bond acceptors (Lipinski definition) is 2. The summed E-state index contributed by atoms with van der Waals surface area (Å²) in [5, 5.41) is 3.10. The third-order valence-electron chi connectivity index (χ3n) is 1.88. The van der Waals surface area contributed by atoms with Gasteiger partial charge in [-0.3, -0.25) is 0 Å². The number of nitrogens with zero attached hydrogens (tertiary/aromatic N) is 1. The minimum absolute atomic E-state index is 0.985. The van der Waals surface area contributed by atoms with E-state index in [1.165, 1.54) is 4.90 Å². The third kappa shape index (κ3) is 3.76. The Morgan fingerprint density at radius 3 is 2.36 bits per heavy atom. The van der Waals surface area contributed by atoms with Gasteiger partial charge >= 0.3 is 0 Å². The molecule has 2 heteroatoms. The monoisotopic (exact) mass is 205 g/mol. The van der Waals surface area contributed by atoms with E-state index in [2.05, 4.69) is 42.2 Å². The number of benzene rings is 1. The van der Waals surface area contributed by atoms with Crippen molar-refractivity contribution >= 4 is 11.8 Å². The Labute approximate surface area is 90.5 Å². The average Bonchev–Trinajstić information content (AvgIpc) is 2.26. The van der Waals surface area contributed by atoms with Crippen LogP contribution in [0.25, 0.3) is 0 Å². The van der Waals surface area contributed by atoms with E-state index in [1.54, 1.807) is 11.8 Å². The van der Waals surface area contributed by atoms with Gasteiger partial charge in [-0.05, 0) is 43.0 Å². The molecule has 0 aliphatic heterocycles. The van der Waals surface area contributed by atoms with Gasteiger partial charge in [0.25, 0.3) is 0 Å². The molecular weight excluding hydrogens is 190 g/mol. The van der Waals surface area contributed by atoms with Gasteiger partial charge in [0.05, 0.1) is 0 Å². The molecule has 0 atom stereocenters. The Hall–Kier alpha value is -1.07. The van der Waals surface area contributed by atoms with Gasteiger partial charge < -0.3 is 4.90 Å². The molecule has 1 nitrogen and oxygen atoms in total. The van der Waals surface area contributed by atoms with Crippen molar-refractivity contribution < 1.29 is 0 Å². The van der Waals surface area contributed by atoms with Crippen molar-refractivity contribution in [3.05, 3.63) is 30.3 Å². The lowest BCUT2D eigenvalue weighted by molar-refractivity contribution is 0.444. The van der Waals surface area contributed by atoms with E-state index in [1.807, 2.05) is 18.2 Å². The largest absolute Gasteiger partial charge is 0.332 e. The number of thioether (sulfide) groups is 1. The molecule has 0 saturated heterocycles. The normalized spacial score (nSPS) is 9.00. The van der Waals surface area contributed by atoms with E-state index < -0.39 is 0 Å². The van der Waals surface area contributed by atoms with Crippen LogP contribution in [0.1, 0.15) is 13.8 Å². The van der Waals surface area contributed by atoms with Gasteiger partial charge in [-0.25, -0.2) is 0 Å². The van der Waals surface area contributed by atoms with Crippen LogP contribution in [0.15, 0.2) is 35.2 Å². The van der Waals surface area contributed by atoms with Crippen molar-refractivity contribution in [1.82, 2.24) is 4.90 Å². The second-order valence-electron chi connectivity index (χ2n) is 2.80. The first-order valence-corrected chi connectivity index (χ1v) is 5.66. The zero-order valence-corrected chi connectivity index (χ0v) is 9.47. The Balaban J connectivity index is 2.47. The van der Waals surface area contributed by atoms with Crippen LogP contribution in [0.3, 0.4) is 0 Å². The highest BCUT2D eigenvalue weighted by atomic mass is 32.2. The summed E-state index contributed by atoms with van der Waals surface area (Å²) in [5.41, 5.74) is 0. The first-order chi connectivity index (χ1) is 6.86. The predicted octanol–water partition coefficient (Wildman–Crippen LogP) is 3.04. The topological polar surface area (TPSA) is 3.24 Å². The maximum Gasteiger partial charge on any atom is 0.0232 e. The van der Waals surface area contributed by atoms with Crippen LogP contribution < -0.4 is 0 Å². The predicted molar refractivity (Wildman–Crippen MR) is 63.0 cm³/mol. The molecular formula is C12H15NS. The van der Waals surface area contributed by atoms with Gasteiger partial charge in [0, 0.05) is 24.0 Å². The fourth-order valence-electron chi connectivity index (χ4n) is 1.02. The van der Waals surface area contributed by atoms with Crippen LogP contribution in [0.4, 0.5) is 0 Å².